The van der Waals surface area contributed by atoms with E-state index in [1.807, 2.05) is 30.3 Å². The molecule has 0 aliphatic heterocycles. The van der Waals surface area contributed by atoms with Crippen LogP contribution in [0.15, 0.2) is 54.6 Å². The molecule has 30 heavy (non-hydrogen) atoms. The Morgan fingerprint density at radius 1 is 1.03 bits per heavy atom. The second-order valence-corrected chi connectivity index (χ2v) is 7.48. The highest BCUT2D eigenvalue weighted by Crippen LogP contribution is 2.28. The van der Waals surface area contributed by atoms with Gasteiger partial charge < -0.3 is 9.47 Å². The fourth-order valence-corrected chi connectivity index (χ4v) is 3.53. The van der Waals surface area contributed by atoms with Crippen LogP contribution < -0.4 is 4.74 Å². The number of nitrogens with zero attached hydrogens (tertiary/aromatic N) is 2. The van der Waals surface area contributed by atoms with Gasteiger partial charge in [-0.25, -0.2) is 9.48 Å². The van der Waals surface area contributed by atoms with Crippen LogP contribution in [0.4, 0.5) is 0 Å². The number of hydrogen-bond acceptors (Lipinski definition) is 4. The average molecular weight is 466 g/mol. The minimum Gasteiger partial charge on any atom is -0.490 e. The predicted molar refractivity (Wildman–Crippen MR) is 119 cm³/mol. The maximum absolute atomic E-state index is 12.0. The van der Waals surface area contributed by atoms with Crippen molar-refractivity contribution in [2.24, 2.45) is 0 Å². The molecule has 0 bridgehead atoms. The van der Waals surface area contributed by atoms with E-state index in [-0.39, 0.29) is 13.2 Å². The van der Waals surface area contributed by atoms with E-state index in [0.29, 0.717) is 33.0 Å². The van der Waals surface area contributed by atoms with Gasteiger partial charge in [-0.1, -0.05) is 59.1 Å². The molecule has 0 aliphatic carbocycles. The smallest absolute Gasteiger partial charge is 0.330 e. The number of rotatable bonds is 8. The van der Waals surface area contributed by atoms with Gasteiger partial charge in [-0.3, -0.25) is 0 Å². The van der Waals surface area contributed by atoms with Crippen LogP contribution in [-0.2, 0) is 16.1 Å². The van der Waals surface area contributed by atoms with E-state index >= 15 is 0 Å². The highest BCUT2D eigenvalue weighted by Gasteiger charge is 2.14. The number of hydrogen-bond donors (Lipinski definition) is 0. The summed E-state index contributed by atoms with van der Waals surface area (Å²) in [6, 6.07) is 14.6. The molecule has 0 spiro atoms. The first-order valence-electron chi connectivity index (χ1n) is 9.14. The Hall–Kier alpha value is -2.47. The number of carbonyl (C=O) groups is 1. The van der Waals surface area contributed by atoms with Gasteiger partial charge >= 0.3 is 5.97 Å². The van der Waals surface area contributed by atoms with Crippen LogP contribution in [0.2, 0.25) is 15.2 Å². The Labute approximate surface area is 189 Å². The zero-order chi connectivity index (χ0) is 21.5. The quantitative estimate of drug-likeness (QED) is 0.238. The summed E-state index contributed by atoms with van der Waals surface area (Å²) < 4.78 is 12.2. The number of ether oxygens (including phenoxy) is 2. The summed E-state index contributed by atoms with van der Waals surface area (Å²) in [5.74, 6) is 0.224. The fraction of sp³-hybridized carbons (Fsp3) is 0.182. The van der Waals surface area contributed by atoms with E-state index in [4.69, 9.17) is 44.3 Å². The Bertz CT molecular complexity index is 1030. The van der Waals surface area contributed by atoms with Crippen LogP contribution in [0.3, 0.4) is 0 Å². The lowest BCUT2D eigenvalue weighted by Gasteiger charge is -2.08. The number of halogens is 3. The molecule has 0 aliphatic rings. The minimum absolute atomic E-state index is 0.134. The van der Waals surface area contributed by atoms with Crippen LogP contribution in [0.1, 0.15) is 16.8 Å². The van der Waals surface area contributed by atoms with Crippen molar-refractivity contribution in [3.8, 4) is 5.75 Å². The molecule has 8 heteroatoms. The highest BCUT2D eigenvalue weighted by atomic mass is 35.5. The zero-order valence-corrected chi connectivity index (χ0v) is 18.4. The Morgan fingerprint density at radius 3 is 2.43 bits per heavy atom. The SMILES string of the molecule is Cc1nn(Cc2c(Cl)cccc2Cl)c(Cl)c1C=CC(=O)OCCOc1ccccc1. The van der Waals surface area contributed by atoms with Gasteiger partial charge in [0.1, 0.15) is 24.1 Å². The molecule has 2 aromatic carbocycles. The molecule has 1 aromatic heterocycles. The van der Waals surface area contributed by atoms with Crippen LogP contribution in [0.5, 0.6) is 5.75 Å². The van der Waals surface area contributed by atoms with Gasteiger partial charge in [-0.15, -0.1) is 0 Å². The monoisotopic (exact) mass is 464 g/mol. The zero-order valence-electron chi connectivity index (χ0n) is 16.1. The summed E-state index contributed by atoms with van der Waals surface area (Å²) in [7, 11) is 0. The van der Waals surface area contributed by atoms with Crippen molar-refractivity contribution in [3.05, 3.63) is 86.6 Å². The molecule has 0 radical (unpaired) electrons. The topological polar surface area (TPSA) is 53.4 Å². The van der Waals surface area contributed by atoms with Crippen molar-refractivity contribution in [2.75, 3.05) is 13.2 Å². The lowest BCUT2D eigenvalue weighted by atomic mass is 10.2. The van der Waals surface area contributed by atoms with E-state index in [1.165, 1.54) is 6.08 Å². The maximum Gasteiger partial charge on any atom is 0.330 e. The van der Waals surface area contributed by atoms with Gasteiger partial charge in [0.2, 0.25) is 0 Å². The molecule has 0 fully saturated rings. The van der Waals surface area contributed by atoms with Crippen molar-refractivity contribution >= 4 is 46.8 Å². The molecule has 0 amide bonds. The second-order valence-electron chi connectivity index (χ2n) is 6.31. The molecular weight excluding hydrogens is 447 g/mol. The summed E-state index contributed by atoms with van der Waals surface area (Å²) in [5, 5.41) is 5.86. The number of esters is 1. The number of carbonyl (C=O) groups excluding carboxylic acids is 1. The van der Waals surface area contributed by atoms with Crippen molar-refractivity contribution in [1.82, 2.24) is 9.78 Å². The molecule has 1 heterocycles. The van der Waals surface area contributed by atoms with Crippen LogP contribution >= 0.6 is 34.8 Å². The molecule has 5 nitrogen and oxygen atoms in total. The number of aryl methyl sites for hydroxylation is 1. The number of para-hydroxylation sites is 1. The Morgan fingerprint density at radius 2 is 1.73 bits per heavy atom. The summed E-state index contributed by atoms with van der Waals surface area (Å²) in [6.07, 6.45) is 2.89. The third-order valence-electron chi connectivity index (χ3n) is 4.20. The second kappa shape index (κ2) is 10.5. The lowest BCUT2D eigenvalue weighted by molar-refractivity contribution is -0.138. The molecule has 156 valence electrons. The van der Waals surface area contributed by atoms with Gasteiger partial charge in [0, 0.05) is 27.2 Å². The van der Waals surface area contributed by atoms with E-state index in [1.54, 1.807) is 35.9 Å². The minimum atomic E-state index is -0.496. The molecular formula is C22H19Cl3N2O3. The third kappa shape index (κ3) is 5.79. The average Bonchev–Trinajstić information content (AvgIpc) is 3.00. The molecule has 3 aromatic rings. The first kappa shape index (κ1) is 22.2. The standard InChI is InChI=1S/C22H19Cl3N2O3/c1-15-17(10-11-21(28)30-13-12-29-16-6-3-2-4-7-16)22(25)27(26-15)14-18-19(23)8-5-9-20(18)24/h2-11H,12-14H2,1H3. The Balaban J connectivity index is 1.58. The molecule has 0 N–H and O–H groups in total. The van der Waals surface area contributed by atoms with Crippen molar-refractivity contribution in [3.63, 3.8) is 0 Å². The van der Waals surface area contributed by atoms with E-state index < -0.39 is 5.97 Å². The van der Waals surface area contributed by atoms with Crippen molar-refractivity contribution < 1.29 is 14.3 Å². The largest absolute Gasteiger partial charge is 0.490 e. The molecule has 3 rings (SSSR count). The first-order valence-corrected chi connectivity index (χ1v) is 10.3. The van der Waals surface area contributed by atoms with Crippen molar-refractivity contribution in [1.29, 1.82) is 0 Å². The van der Waals surface area contributed by atoms with Gasteiger partial charge in [-0.2, -0.15) is 5.10 Å². The Kier molecular flexibility index (Phi) is 7.80. The van der Waals surface area contributed by atoms with E-state index in [2.05, 4.69) is 5.10 Å². The predicted octanol–water partition coefficient (Wildman–Crippen LogP) is 5.84. The third-order valence-corrected chi connectivity index (χ3v) is 5.31. The molecule has 0 atom stereocenters. The van der Waals surface area contributed by atoms with Crippen LogP contribution in [0, 0.1) is 6.92 Å². The first-order chi connectivity index (χ1) is 14.5. The molecule has 0 saturated heterocycles. The van der Waals surface area contributed by atoms with Gasteiger partial charge in [0.05, 0.1) is 12.2 Å². The maximum atomic E-state index is 12.0. The van der Waals surface area contributed by atoms with Crippen LogP contribution in [-0.4, -0.2) is 29.0 Å². The van der Waals surface area contributed by atoms with Crippen molar-refractivity contribution in [2.45, 2.75) is 13.5 Å². The van der Waals surface area contributed by atoms with Gasteiger partial charge in [0.15, 0.2) is 0 Å². The lowest BCUT2D eigenvalue weighted by Crippen LogP contribution is -2.10. The molecule has 0 unspecified atom stereocenters. The molecule has 0 saturated carbocycles. The highest BCUT2D eigenvalue weighted by molar-refractivity contribution is 6.36. The number of aromatic nitrogens is 2. The van der Waals surface area contributed by atoms with E-state index in [0.717, 1.165) is 11.3 Å². The summed E-state index contributed by atoms with van der Waals surface area (Å²) >= 11 is 18.9. The fourth-order valence-electron chi connectivity index (χ4n) is 2.71. The van der Waals surface area contributed by atoms with Crippen LogP contribution in [0.25, 0.3) is 6.08 Å². The summed E-state index contributed by atoms with van der Waals surface area (Å²) in [6.45, 7) is 2.51. The normalized spacial score (nSPS) is 11.1. The number of benzene rings is 2. The summed E-state index contributed by atoms with van der Waals surface area (Å²) in [5.41, 5.74) is 2.01. The van der Waals surface area contributed by atoms with E-state index in [9.17, 15) is 4.79 Å². The van der Waals surface area contributed by atoms with Gasteiger partial charge in [0.25, 0.3) is 0 Å². The van der Waals surface area contributed by atoms with Gasteiger partial charge in [-0.05, 0) is 37.3 Å². The summed E-state index contributed by atoms with van der Waals surface area (Å²) in [4.78, 5) is 12.0.